The van der Waals surface area contributed by atoms with E-state index in [2.05, 4.69) is 21.2 Å². The molecule has 2 aliphatic rings. The van der Waals surface area contributed by atoms with Crippen LogP contribution in [0.25, 0.3) is 0 Å². The first kappa shape index (κ1) is 7.74. The largest absolute Gasteiger partial charge is 0.346 e. The monoisotopic (exact) mass is 195 g/mol. The van der Waals surface area contributed by atoms with Crippen LogP contribution in [0.15, 0.2) is 0 Å². The van der Waals surface area contributed by atoms with Crippen molar-refractivity contribution in [3.63, 3.8) is 0 Å². The first-order chi connectivity index (χ1) is 6.33. The summed E-state index contributed by atoms with van der Waals surface area (Å²) in [6.07, 6.45) is 2.60. The predicted octanol–water partition coefficient (Wildman–Crippen LogP) is 1.87. The fourth-order valence-electron chi connectivity index (χ4n) is 1.72. The molecule has 3 rings (SSSR count). The van der Waals surface area contributed by atoms with Crippen molar-refractivity contribution in [1.29, 1.82) is 0 Å². The van der Waals surface area contributed by atoms with Crippen LogP contribution in [0.4, 0.5) is 5.13 Å². The highest BCUT2D eigenvalue weighted by molar-refractivity contribution is 7.09. The summed E-state index contributed by atoms with van der Waals surface area (Å²) >= 11 is 1.57. The SMILES string of the molecule is CC1CN(c2nc(C3CC3)ns2)C1. The Morgan fingerprint density at radius 3 is 2.77 bits per heavy atom. The molecule has 0 atom stereocenters. The molecule has 70 valence electrons. The third-order valence-electron chi connectivity index (χ3n) is 2.71. The molecule has 13 heavy (non-hydrogen) atoms. The van der Waals surface area contributed by atoms with E-state index < -0.39 is 0 Å². The summed E-state index contributed by atoms with van der Waals surface area (Å²) < 4.78 is 4.40. The van der Waals surface area contributed by atoms with E-state index in [0.717, 1.165) is 16.9 Å². The maximum absolute atomic E-state index is 4.56. The second-order valence-electron chi connectivity index (χ2n) is 4.22. The van der Waals surface area contributed by atoms with Gasteiger partial charge in [-0.25, -0.2) is 4.98 Å². The maximum atomic E-state index is 4.56. The lowest BCUT2D eigenvalue weighted by Crippen LogP contribution is -2.45. The van der Waals surface area contributed by atoms with Gasteiger partial charge in [0.15, 0.2) is 0 Å². The molecule has 0 aromatic carbocycles. The van der Waals surface area contributed by atoms with E-state index in [-0.39, 0.29) is 0 Å². The lowest BCUT2D eigenvalue weighted by Gasteiger charge is -2.36. The highest BCUT2D eigenvalue weighted by atomic mass is 32.1. The predicted molar refractivity (Wildman–Crippen MR) is 53.3 cm³/mol. The Hall–Kier alpha value is -0.640. The molecule has 1 aliphatic heterocycles. The summed E-state index contributed by atoms with van der Waals surface area (Å²) in [4.78, 5) is 6.89. The molecule has 2 fully saturated rings. The molecular formula is C9H13N3S. The van der Waals surface area contributed by atoms with E-state index >= 15 is 0 Å². The molecule has 1 aromatic rings. The van der Waals surface area contributed by atoms with Crippen molar-refractivity contribution >= 4 is 16.7 Å². The quantitative estimate of drug-likeness (QED) is 0.721. The standard InChI is InChI=1S/C9H13N3S/c1-6-4-12(5-6)9-10-8(11-13-9)7-2-3-7/h6-7H,2-5H2,1H3. The third-order valence-corrected chi connectivity index (χ3v) is 3.50. The van der Waals surface area contributed by atoms with Crippen molar-refractivity contribution in [2.75, 3.05) is 18.0 Å². The van der Waals surface area contributed by atoms with Crippen molar-refractivity contribution in [2.24, 2.45) is 5.92 Å². The molecular weight excluding hydrogens is 182 g/mol. The number of hydrogen-bond donors (Lipinski definition) is 0. The van der Waals surface area contributed by atoms with Crippen LogP contribution in [-0.4, -0.2) is 22.4 Å². The molecule has 4 heteroatoms. The van der Waals surface area contributed by atoms with E-state index in [9.17, 15) is 0 Å². The van der Waals surface area contributed by atoms with E-state index in [1.54, 1.807) is 11.5 Å². The number of hydrogen-bond acceptors (Lipinski definition) is 4. The number of aromatic nitrogens is 2. The normalized spacial score (nSPS) is 23.3. The van der Waals surface area contributed by atoms with Gasteiger partial charge in [0.25, 0.3) is 0 Å². The molecule has 0 amide bonds. The first-order valence-electron chi connectivity index (χ1n) is 4.91. The fraction of sp³-hybridized carbons (Fsp3) is 0.778. The molecule has 1 aliphatic carbocycles. The van der Waals surface area contributed by atoms with Gasteiger partial charge >= 0.3 is 0 Å². The molecule has 1 saturated carbocycles. The van der Waals surface area contributed by atoms with E-state index in [1.165, 1.54) is 25.9 Å². The lowest BCUT2D eigenvalue weighted by molar-refractivity contribution is 0.446. The van der Waals surface area contributed by atoms with Gasteiger partial charge in [-0.3, -0.25) is 0 Å². The summed E-state index contributed by atoms with van der Waals surface area (Å²) in [5, 5.41) is 1.14. The Morgan fingerprint density at radius 1 is 1.38 bits per heavy atom. The molecule has 0 N–H and O–H groups in total. The van der Waals surface area contributed by atoms with Crippen LogP contribution in [0.1, 0.15) is 31.5 Å². The van der Waals surface area contributed by atoms with Gasteiger partial charge in [-0.15, -0.1) is 0 Å². The number of rotatable bonds is 2. The first-order valence-corrected chi connectivity index (χ1v) is 5.69. The van der Waals surface area contributed by atoms with Crippen molar-refractivity contribution in [3.05, 3.63) is 5.82 Å². The van der Waals surface area contributed by atoms with Crippen LogP contribution in [0.5, 0.6) is 0 Å². The summed E-state index contributed by atoms with van der Waals surface area (Å²) in [6.45, 7) is 4.61. The lowest BCUT2D eigenvalue weighted by atomic mass is 10.0. The van der Waals surface area contributed by atoms with Gasteiger partial charge in [0.05, 0.1) is 0 Å². The Bertz CT molecular complexity index is 312. The van der Waals surface area contributed by atoms with E-state index in [1.807, 2.05) is 0 Å². The van der Waals surface area contributed by atoms with Gasteiger partial charge < -0.3 is 4.90 Å². The highest BCUT2D eigenvalue weighted by Gasteiger charge is 2.30. The summed E-state index contributed by atoms with van der Waals surface area (Å²) in [5.41, 5.74) is 0. The summed E-state index contributed by atoms with van der Waals surface area (Å²) in [5.74, 6) is 2.64. The van der Waals surface area contributed by atoms with Gasteiger partial charge in [0.1, 0.15) is 5.82 Å². The van der Waals surface area contributed by atoms with Crippen molar-refractivity contribution < 1.29 is 0 Å². The van der Waals surface area contributed by atoms with Crippen LogP contribution in [-0.2, 0) is 0 Å². The molecule has 1 aromatic heterocycles. The van der Waals surface area contributed by atoms with Gasteiger partial charge in [0.2, 0.25) is 5.13 Å². The zero-order valence-corrected chi connectivity index (χ0v) is 8.55. The maximum Gasteiger partial charge on any atom is 0.205 e. The second-order valence-corrected chi connectivity index (χ2v) is 4.95. The molecule has 0 bridgehead atoms. The van der Waals surface area contributed by atoms with E-state index in [0.29, 0.717) is 5.92 Å². The topological polar surface area (TPSA) is 29.0 Å². The Balaban J connectivity index is 1.74. The second kappa shape index (κ2) is 2.67. The summed E-state index contributed by atoms with van der Waals surface area (Å²) in [7, 11) is 0. The average molecular weight is 195 g/mol. The Kier molecular flexibility index (Phi) is 1.59. The minimum absolute atomic E-state index is 0.698. The highest BCUT2D eigenvalue weighted by Crippen LogP contribution is 2.40. The van der Waals surface area contributed by atoms with Crippen molar-refractivity contribution in [3.8, 4) is 0 Å². The van der Waals surface area contributed by atoms with Crippen LogP contribution in [0.2, 0.25) is 0 Å². The van der Waals surface area contributed by atoms with Crippen molar-refractivity contribution in [2.45, 2.75) is 25.7 Å². The smallest absolute Gasteiger partial charge is 0.205 e. The average Bonchev–Trinajstić information content (AvgIpc) is 2.80. The molecule has 1 saturated heterocycles. The van der Waals surface area contributed by atoms with Crippen LogP contribution in [0, 0.1) is 5.92 Å². The molecule has 3 nitrogen and oxygen atoms in total. The van der Waals surface area contributed by atoms with Crippen LogP contribution < -0.4 is 4.90 Å². The zero-order valence-electron chi connectivity index (χ0n) is 7.73. The number of anilines is 1. The minimum Gasteiger partial charge on any atom is -0.346 e. The van der Waals surface area contributed by atoms with Gasteiger partial charge in [-0.2, -0.15) is 4.37 Å². The molecule has 0 unspecified atom stereocenters. The van der Waals surface area contributed by atoms with Gasteiger partial charge in [0, 0.05) is 30.5 Å². The molecule has 0 radical (unpaired) electrons. The van der Waals surface area contributed by atoms with Gasteiger partial charge in [-0.05, 0) is 18.8 Å². The summed E-state index contributed by atoms with van der Waals surface area (Å²) in [6, 6.07) is 0. The minimum atomic E-state index is 0.698. The van der Waals surface area contributed by atoms with Crippen LogP contribution in [0.3, 0.4) is 0 Å². The van der Waals surface area contributed by atoms with Crippen LogP contribution >= 0.6 is 11.5 Å². The van der Waals surface area contributed by atoms with Crippen molar-refractivity contribution in [1.82, 2.24) is 9.36 Å². The molecule has 2 heterocycles. The Morgan fingerprint density at radius 2 is 2.15 bits per heavy atom. The van der Waals surface area contributed by atoms with E-state index in [4.69, 9.17) is 0 Å². The third kappa shape index (κ3) is 1.33. The number of nitrogens with zero attached hydrogens (tertiary/aromatic N) is 3. The fourth-order valence-corrected chi connectivity index (χ4v) is 2.48. The zero-order chi connectivity index (χ0) is 8.84. The Labute approximate surface area is 82.0 Å². The molecule has 0 spiro atoms. The van der Waals surface area contributed by atoms with Gasteiger partial charge in [-0.1, -0.05) is 6.92 Å².